The molecule has 0 radical (unpaired) electrons. The van der Waals surface area contributed by atoms with E-state index in [9.17, 15) is 0 Å². The fourth-order valence-electron chi connectivity index (χ4n) is 4.20. The van der Waals surface area contributed by atoms with E-state index in [1.165, 1.54) is 50.9 Å². The SMILES string of the molecule is CCNCCNCC[Si](C)(C)CCNCCNC(CC)C(CC)(CC)CC. The van der Waals surface area contributed by atoms with Crippen LogP contribution in [0.25, 0.3) is 0 Å². The van der Waals surface area contributed by atoms with Gasteiger partial charge in [0, 0.05) is 40.3 Å². The summed E-state index contributed by atoms with van der Waals surface area (Å²) in [4.78, 5) is 0. The maximum Gasteiger partial charge on any atom is 0.0498 e. The molecule has 0 aromatic carbocycles. The normalized spacial score (nSPS) is 13.9. The van der Waals surface area contributed by atoms with E-state index in [0.29, 0.717) is 11.5 Å². The topological polar surface area (TPSA) is 48.1 Å². The van der Waals surface area contributed by atoms with Crippen molar-refractivity contribution in [2.24, 2.45) is 5.41 Å². The molecule has 0 saturated carbocycles. The molecule has 0 bridgehead atoms. The molecular formula is C22H52N4Si. The average molecular weight is 401 g/mol. The van der Waals surface area contributed by atoms with Crippen LogP contribution in [0.5, 0.6) is 0 Å². The van der Waals surface area contributed by atoms with Gasteiger partial charge in [-0.05, 0) is 62.8 Å². The fraction of sp³-hybridized carbons (Fsp3) is 1.00. The Balaban J connectivity index is 3.90. The molecule has 0 aliphatic rings. The minimum atomic E-state index is -1.07. The zero-order valence-electron chi connectivity index (χ0n) is 19.8. The molecule has 0 aliphatic carbocycles. The first kappa shape index (κ1) is 27.1. The molecule has 0 rings (SSSR count). The summed E-state index contributed by atoms with van der Waals surface area (Å²) in [5, 5.41) is 14.5. The lowest BCUT2D eigenvalue weighted by Crippen LogP contribution is -2.46. The Morgan fingerprint density at radius 2 is 1.15 bits per heavy atom. The van der Waals surface area contributed by atoms with E-state index in [2.05, 4.69) is 69.0 Å². The third-order valence-corrected chi connectivity index (χ3v) is 9.85. The highest BCUT2D eigenvalue weighted by molar-refractivity contribution is 6.77. The minimum Gasteiger partial charge on any atom is -0.316 e. The summed E-state index contributed by atoms with van der Waals surface area (Å²) >= 11 is 0. The Labute approximate surface area is 172 Å². The molecular weight excluding hydrogens is 348 g/mol. The predicted molar refractivity (Wildman–Crippen MR) is 127 cm³/mol. The van der Waals surface area contributed by atoms with Gasteiger partial charge < -0.3 is 21.3 Å². The summed E-state index contributed by atoms with van der Waals surface area (Å²) in [7, 11) is -1.07. The van der Waals surface area contributed by atoms with Gasteiger partial charge in [-0.3, -0.25) is 0 Å². The predicted octanol–water partition coefficient (Wildman–Crippen LogP) is 4.07. The van der Waals surface area contributed by atoms with Gasteiger partial charge in [0.15, 0.2) is 0 Å². The van der Waals surface area contributed by atoms with E-state index < -0.39 is 8.07 Å². The molecule has 0 spiro atoms. The Bertz CT molecular complexity index is 324. The zero-order chi connectivity index (χ0) is 20.6. The number of hydrogen-bond donors (Lipinski definition) is 4. The van der Waals surface area contributed by atoms with Gasteiger partial charge in [0.05, 0.1) is 0 Å². The van der Waals surface area contributed by atoms with Gasteiger partial charge >= 0.3 is 0 Å². The van der Waals surface area contributed by atoms with Gasteiger partial charge in [0.25, 0.3) is 0 Å². The third-order valence-electron chi connectivity index (χ3n) is 6.64. The van der Waals surface area contributed by atoms with Crippen molar-refractivity contribution < 1.29 is 0 Å². The summed E-state index contributed by atoms with van der Waals surface area (Å²) in [5.41, 5.74) is 0.475. The Hall–Kier alpha value is 0.0569. The van der Waals surface area contributed by atoms with Crippen molar-refractivity contribution in [3.8, 4) is 0 Å². The van der Waals surface area contributed by atoms with E-state index in [4.69, 9.17) is 0 Å². The van der Waals surface area contributed by atoms with Crippen LogP contribution in [0, 0.1) is 5.41 Å². The monoisotopic (exact) mass is 400 g/mol. The minimum absolute atomic E-state index is 0.475. The molecule has 1 unspecified atom stereocenters. The van der Waals surface area contributed by atoms with Crippen LogP contribution in [0.15, 0.2) is 0 Å². The first-order chi connectivity index (χ1) is 12.9. The van der Waals surface area contributed by atoms with E-state index >= 15 is 0 Å². The first-order valence-corrected chi connectivity index (χ1v) is 15.2. The number of hydrogen-bond acceptors (Lipinski definition) is 4. The zero-order valence-corrected chi connectivity index (χ0v) is 20.8. The van der Waals surface area contributed by atoms with Crippen LogP contribution in [0.4, 0.5) is 0 Å². The molecule has 0 amide bonds. The second-order valence-electron chi connectivity index (χ2n) is 8.86. The Morgan fingerprint density at radius 3 is 1.59 bits per heavy atom. The molecule has 27 heavy (non-hydrogen) atoms. The summed E-state index contributed by atoms with van der Waals surface area (Å²) < 4.78 is 0. The Morgan fingerprint density at radius 1 is 0.667 bits per heavy atom. The van der Waals surface area contributed by atoms with Gasteiger partial charge in [0.1, 0.15) is 0 Å². The number of rotatable bonds is 19. The molecule has 0 aromatic heterocycles. The summed E-state index contributed by atoms with van der Waals surface area (Å²) in [6, 6.07) is 3.41. The smallest absolute Gasteiger partial charge is 0.0498 e. The van der Waals surface area contributed by atoms with Crippen molar-refractivity contribution in [1.82, 2.24) is 21.3 Å². The van der Waals surface area contributed by atoms with Crippen LogP contribution in [-0.2, 0) is 0 Å². The van der Waals surface area contributed by atoms with Crippen LogP contribution in [0.2, 0.25) is 25.2 Å². The van der Waals surface area contributed by atoms with Gasteiger partial charge in [-0.1, -0.05) is 47.7 Å². The van der Waals surface area contributed by atoms with E-state index in [1.54, 1.807) is 0 Å². The lowest BCUT2D eigenvalue weighted by atomic mass is 9.72. The molecule has 5 heteroatoms. The van der Waals surface area contributed by atoms with Crippen molar-refractivity contribution >= 4 is 8.07 Å². The summed E-state index contributed by atoms with van der Waals surface area (Å²) in [6.07, 6.45) is 5.07. The molecule has 4 N–H and O–H groups in total. The lowest BCUT2D eigenvalue weighted by molar-refractivity contribution is 0.158. The maximum atomic E-state index is 3.85. The molecule has 0 fully saturated rings. The largest absolute Gasteiger partial charge is 0.316 e. The van der Waals surface area contributed by atoms with E-state index in [0.717, 1.165) is 32.7 Å². The van der Waals surface area contributed by atoms with Gasteiger partial charge in [-0.2, -0.15) is 0 Å². The van der Waals surface area contributed by atoms with Gasteiger partial charge in [-0.15, -0.1) is 0 Å². The highest BCUT2D eigenvalue weighted by Gasteiger charge is 2.32. The second kappa shape index (κ2) is 15.9. The molecule has 0 aliphatic heterocycles. The van der Waals surface area contributed by atoms with Crippen molar-refractivity contribution in [3.63, 3.8) is 0 Å². The van der Waals surface area contributed by atoms with Gasteiger partial charge in [0.2, 0.25) is 0 Å². The standard InChI is InChI=1S/C22H52N4Si/c1-8-21(22(9-2,10-3)11-4)26-16-15-25-18-20-27(6,7)19-17-24-14-13-23-12-5/h21,23-26H,8-20H2,1-7H3. The highest BCUT2D eigenvalue weighted by atomic mass is 28.3. The van der Waals surface area contributed by atoms with E-state index in [-0.39, 0.29) is 0 Å². The van der Waals surface area contributed by atoms with Crippen molar-refractivity contribution in [2.45, 2.75) is 91.5 Å². The summed E-state index contributed by atoms with van der Waals surface area (Å²) in [5.74, 6) is 0. The van der Waals surface area contributed by atoms with Gasteiger partial charge in [-0.25, -0.2) is 0 Å². The van der Waals surface area contributed by atoms with Crippen molar-refractivity contribution in [2.75, 3.05) is 45.8 Å². The second-order valence-corrected chi connectivity index (χ2v) is 14.2. The highest BCUT2D eigenvalue weighted by Crippen LogP contribution is 2.35. The molecule has 164 valence electrons. The number of likely N-dealkylation sites (N-methyl/N-ethyl adjacent to an activating group) is 1. The van der Waals surface area contributed by atoms with Crippen LogP contribution in [-0.4, -0.2) is 59.9 Å². The molecule has 0 heterocycles. The summed E-state index contributed by atoms with van der Waals surface area (Å²) in [6.45, 7) is 24.4. The Kier molecular flexibility index (Phi) is 16.0. The van der Waals surface area contributed by atoms with Crippen molar-refractivity contribution in [1.29, 1.82) is 0 Å². The lowest BCUT2D eigenvalue weighted by Gasteiger charge is -2.39. The maximum absolute atomic E-state index is 3.85. The number of nitrogens with one attached hydrogen (secondary N) is 4. The first-order valence-electron chi connectivity index (χ1n) is 11.8. The van der Waals surface area contributed by atoms with Crippen molar-refractivity contribution in [3.05, 3.63) is 0 Å². The quantitative estimate of drug-likeness (QED) is 0.195. The molecule has 0 aromatic rings. The van der Waals surface area contributed by atoms with Crippen LogP contribution < -0.4 is 21.3 Å². The molecule has 1 atom stereocenters. The third kappa shape index (κ3) is 11.6. The average Bonchev–Trinajstić information content (AvgIpc) is 2.67. The van der Waals surface area contributed by atoms with Crippen LogP contribution >= 0.6 is 0 Å². The fourth-order valence-corrected chi connectivity index (χ4v) is 6.16. The molecule has 4 nitrogen and oxygen atoms in total. The molecule has 0 saturated heterocycles. The van der Waals surface area contributed by atoms with E-state index in [1.807, 2.05) is 0 Å². The van der Waals surface area contributed by atoms with Crippen LogP contribution in [0.1, 0.15) is 60.3 Å². The van der Waals surface area contributed by atoms with Crippen LogP contribution in [0.3, 0.4) is 0 Å².